The molecular weight excluding hydrogens is 162 g/mol. The normalized spacial score (nSPS) is 23.8. The molecule has 0 amide bonds. The lowest BCUT2D eigenvalue weighted by Gasteiger charge is -2.39. The second-order valence-corrected chi connectivity index (χ2v) is 4.76. The zero-order valence-electron chi connectivity index (χ0n) is 8.92. The molecule has 0 spiro atoms. The molecule has 1 saturated heterocycles. The van der Waals surface area contributed by atoms with Crippen LogP contribution < -0.4 is 11.5 Å². The van der Waals surface area contributed by atoms with Crippen LogP contribution in [0.5, 0.6) is 0 Å². The molecule has 0 aliphatic carbocycles. The molecule has 0 unspecified atom stereocenters. The van der Waals surface area contributed by atoms with Crippen molar-refractivity contribution in [1.82, 2.24) is 4.90 Å². The van der Waals surface area contributed by atoms with Crippen LogP contribution in [0.2, 0.25) is 0 Å². The fourth-order valence-corrected chi connectivity index (χ4v) is 1.90. The molecule has 4 N–H and O–H groups in total. The standard InChI is InChI=1S/C10H23N3/c1-9(2)7-13-5-3-10(12,8-11)4-6-13/h9H,3-8,11-12H2,1-2H3. The molecule has 0 bridgehead atoms. The molecule has 3 heteroatoms. The van der Waals surface area contributed by atoms with Crippen molar-refractivity contribution in [2.75, 3.05) is 26.2 Å². The molecular formula is C10H23N3. The molecule has 1 heterocycles. The zero-order valence-corrected chi connectivity index (χ0v) is 8.92. The highest BCUT2D eigenvalue weighted by Gasteiger charge is 2.28. The van der Waals surface area contributed by atoms with Gasteiger partial charge in [0.15, 0.2) is 0 Å². The third-order valence-electron chi connectivity index (χ3n) is 2.88. The second-order valence-electron chi connectivity index (χ2n) is 4.76. The van der Waals surface area contributed by atoms with Crippen LogP contribution in [-0.4, -0.2) is 36.6 Å². The number of likely N-dealkylation sites (tertiary alicyclic amines) is 1. The molecule has 1 aliphatic rings. The number of piperidine rings is 1. The van der Waals surface area contributed by atoms with E-state index in [-0.39, 0.29) is 5.54 Å². The van der Waals surface area contributed by atoms with Crippen LogP contribution in [0.25, 0.3) is 0 Å². The molecule has 0 aromatic carbocycles. The van der Waals surface area contributed by atoms with Crippen molar-refractivity contribution in [1.29, 1.82) is 0 Å². The third kappa shape index (κ3) is 3.25. The van der Waals surface area contributed by atoms with E-state index >= 15 is 0 Å². The zero-order chi connectivity index (χ0) is 9.90. The van der Waals surface area contributed by atoms with Gasteiger partial charge in [0.25, 0.3) is 0 Å². The van der Waals surface area contributed by atoms with Crippen molar-refractivity contribution >= 4 is 0 Å². The van der Waals surface area contributed by atoms with Gasteiger partial charge in [-0.15, -0.1) is 0 Å². The SMILES string of the molecule is CC(C)CN1CCC(N)(CN)CC1. The smallest absolute Gasteiger partial charge is 0.0303 e. The molecule has 0 atom stereocenters. The molecule has 1 fully saturated rings. The van der Waals surface area contributed by atoms with Gasteiger partial charge in [-0.05, 0) is 31.8 Å². The maximum Gasteiger partial charge on any atom is 0.0303 e. The van der Waals surface area contributed by atoms with Crippen LogP contribution in [-0.2, 0) is 0 Å². The lowest BCUT2D eigenvalue weighted by Crippen LogP contribution is -2.55. The summed E-state index contributed by atoms with van der Waals surface area (Å²) in [5, 5.41) is 0. The Bertz CT molecular complexity index is 148. The molecule has 3 nitrogen and oxygen atoms in total. The summed E-state index contributed by atoms with van der Waals surface area (Å²) < 4.78 is 0. The van der Waals surface area contributed by atoms with Gasteiger partial charge in [-0.3, -0.25) is 0 Å². The molecule has 78 valence electrons. The summed E-state index contributed by atoms with van der Waals surface area (Å²) in [6.07, 6.45) is 2.10. The predicted octanol–water partition coefficient (Wildman–Crippen LogP) is 0.394. The van der Waals surface area contributed by atoms with E-state index in [0.717, 1.165) is 31.8 Å². The Morgan fingerprint density at radius 3 is 2.23 bits per heavy atom. The Balaban J connectivity index is 2.30. The second kappa shape index (κ2) is 4.40. The van der Waals surface area contributed by atoms with Gasteiger partial charge in [0.2, 0.25) is 0 Å². The first-order valence-corrected chi connectivity index (χ1v) is 5.27. The van der Waals surface area contributed by atoms with Gasteiger partial charge in [-0.2, -0.15) is 0 Å². The highest BCUT2D eigenvalue weighted by atomic mass is 15.1. The van der Waals surface area contributed by atoms with Crippen LogP contribution in [0.3, 0.4) is 0 Å². The van der Waals surface area contributed by atoms with E-state index in [1.165, 1.54) is 6.54 Å². The lowest BCUT2D eigenvalue weighted by atomic mass is 9.88. The minimum Gasteiger partial charge on any atom is -0.329 e. The van der Waals surface area contributed by atoms with E-state index in [1.54, 1.807) is 0 Å². The van der Waals surface area contributed by atoms with Gasteiger partial charge in [0, 0.05) is 18.6 Å². The van der Waals surface area contributed by atoms with Gasteiger partial charge in [0.1, 0.15) is 0 Å². The summed E-state index contributed by atoms with van der Waals surface area (Å²) in [4.78, 5) is 2.49. The average Bonchev–Trinajstić information content (AvgIpc) is 2.09. The molecule has 0 radical (unpaired) electrons. The van der Waals surface area contributed by atoms with Crippen molar-refractivity contribution in [2.45, 2.75) is 32.2 Å². The van der Waals surface area contributed by atoms with Gasteiger partial charge in [-0.25, -0.2) is 0 Å². The Morgan fingerprint density at radius 1 is 1.31 bits per heavy atom. The fraction of sp³-hybridized carbons (Fsp3) is 1.00. The van der Waals surface area contributed by atoms with Crippen LogP contribution in [0.4, 0.5) is 0 Å². The van der Waals surface area contributed by atoms with E-state index in [1.807, 2.05) is 0 Å². The first-order valence-electron chi connectivity index (χ1n) is 5.27. The van der Waals surface area contributed by atoms with Crippen molar-refractivity contribution in [3.05, 3.63) is 0 Å². The monoisotopic (exact) mass is 185 g/mol. The summed E-state index contributed by atoms with van der Waals surface area (Å²) in [6, 6.07) is 0. The van der Waals surface area contributed by atoms with Crippen molar-refractivity contribution in [3.8, 4) is 0 Å². The minimum absolute atomic E-state index is 0.0759. The van der Waals surface area contributed by atoms with E-state index in [9.17, 15) is 0 Å². The molecule has 0 aromatic heterocycles. The first kappa shape index (κ1) is 11.0. The van der Waals surface area contributed by atoms with Crippen LogP contribution in [0.1, 0.15) is 26.7 Å². The summed E-state index contributed by atoms with van der Waals surface area (Å²) in [6.45, 7) is 8.57. The number of nitrogens with zero attached hydrogens (tertiary/aromatic N) is 1. The summed E-state index contributed by atoms with van der Waals surface area (Å²) in [7, 11) is 0. The maximum atomic E-state index is 6.10. The van der Waals surface area contributed by atoms with Crippen LogP contribution >= 0.6 is 0 Å². The molecule has 0 aromatic rings. The Kier molecular flexibility index (Phi) is 3.71. The van der Waals surface area contributed by atoms with E-state index in [2.05, 4.69) is 18.7 Å². The molecule has 0 saturated carbocycles. The quantitative estimate of drug-likeness (QED) is 0.669. The largest absolute Gasteiger partial charge is 0.329 e. The topological polar surface area (TPSA) is 55.3 Å². The predicted molar refractivity (Wildman–Crippen MR) is 56.5 cm³/mol. The minimum atomic E-state index is -0.0759. The van der Waals surface area contributed by atoms with Crippen molar-refractivity contribution in [2.24, 2.45) is 17.4 Å². The number of hydrogen-bond donors (Lipinski definition) is 2. The van der Waals surface area contributed by atoms with Crippen molar-refractivity contribution in [3.63, 3.8) is 0 Å². The fourth-order valence-electron chi connectivity index (χ4n) is 1.90. The van der Waals surface area contributed by atoms with Gasteiger partial charge >= 0.3 is 0 Å². The van der Waals surface area contributed by atoms with E-state index < -0.39 is 0 Å². The van der Waals surface area contributed by atoms with Crippen molar-refractivity contribution < 1.29 is 0 Å². The Morgan fingerprint density at radius 2 is 1.85 bits per heavy atom. The Hall–Kier alpha value is -0.120. The van der Waals surface area contributed by atoms with Gasteiger partial charge in [-0.1, -0.05) is 13.8 Å². The van der Waals surface area contributed by atoms with E-state index in [4.69, 9.17) is 11.5 Å². The van der Waals surface area contributed by atoms with Crippen LogP contribution in [0.15, 0.2) is 0 Å². The maximum absolute atomic E-state index is 6.10. The molecule has 1 aliphatic heterocycles. The number of nitrogens with two attached hydrogens (primary N) is 2. The lowest BCUT2D eigenvalue weighted by molar-refractivity contribution is 0.152. The summed E-state index contributed by atoms with van der Waals surface area (Å²) >= 11 is 0. The number of rotatable bonds is 3. The highest BCUT2D eigenvalue weighted by molar-refractivity contribution is 4.91. The summed E-state index contributed by atoms with van der Waals surface area (Å²) in [5.41, 5.74) is 11.7. The number of hydrogen-bond acceptors (Lipinski definition) is 3. The van der Waals surface area contributed by atoms with Crippen LogP contribution in [0, 0.1) is 5.92 Å². The first-order chi connectivity index (χ1) is 6.06. The van der Waals surface area contributed by atoms with Gasteiger partial charge < -0.3 is 16.4 Å². The Labute approximate surface area is 81.5 Å². The third-order valence-corrected chi connectivity index (χ3v) is 2.88. The molecule has 13 heavy (non-hydrogen) atoms. The average molecular weight is 185 g/mol. The van der Waals surface area contributed by atoms with E-state index in [0.29, 0.717) is 6.54 Å². The summed E-state index contributed by atoms with van der Waals surface area (Å²) in [5.74, 6) is 0.753. The molecule has 1 rings (SSSR count). The highest BCUT2D eigenvalue weighted by Crippen LogP contribution is 2.18. The van der Waals surface area contributed by atoms with Gasteiger partial charge in [0.05, 0.1) is 0 Å².